The van der Waals surface area contributed by atoms with Crippen LogP contribution in [0, 0.1) is 0 Å². The van der Waals surface area contributed by atoms with Gasteiger partial charge in [0.05, 0.1) is 5.71 Å². The lowest BCUT2D eigenvalue weighted by molar-refractivity contribution is 1.26. The van der Waals surface area contributed by atoms with Crippen molar-refractivity contribution in [2.24, 2.45) is 10.9 Å². The Kier molecular flexibility index (Phi) is 0.941. The molecular weight excluding hydrogens is 88.1 g/mol. The van der Waals surface area contributed by atoms with Crippen molar-refractivity contribution in [2.45, 2.75) is 0 Å². The topological polar surface area (TPSA) is 38.4 Å². The maximum atomic E-state index is 4.92. The van der Waals surface area contributed by atoms with Crippen molar-refractivity contribution < 1.29 is 0 Å². The summed E-state index contributed by atoms with van der Waals surface area (Å²) >= 11 is 0. The van der Waals surface area contributed by atoms with E-state index in [1.165, 1.54) is 0 Å². The maximum absolute atomic E-state index is 4.92. The van der Waals surface area contributed by atoms with Crippen molar-refractivity contribution >= 4 is 5.71 Å². The van der Waals surface area contributed by atoms with Gasteiger partial charge in [0.25, 0.3) is 0 Å². The largest absolute Gasteiger partial charge is 0.323 e. The molecule has 0 saturated heterocycles. The van der Waals surface area contributed by atoms with E-state index in [1.54, 1.807) is 0 Å². The van der Waals surface area contributed by atoms with Crippen LogP contribution in [0.3, 0.4) is 0 Å². The van der Waals surface area contributed by atoms with Gasteiger partial charge in [0.1, 0.15) is 0 Å². The Morgan fingerprint density at radius 2 is 1.86 bits per heavy atom. The van der Waals surface area contributed by atoms with E-state index in [-0.39, 0.29) is 0 Å². The van der Waals surface area contributed by atoms with Crippen LogP contribution in [0.15, 0.2) is 29.4 Å². The molecule has 0 heterocycles. The molecule has 0 aromatic carbocycles. The Hall–Kier alpha value is -1.05. The van der Waals surface area contributed by atoms with E-state index in [2.05, 4.69) is 5.10 Å². The molecule has 1 rings (SSSR count). The lowest BCUT2D eigenvalue weighted by Crippen LogP contribution is -1.89. The Morgan fingerprint density at radius 3 is 2.14 bits per heavy atom. The molecule has 0 aromatic rings. The van der Waals surface area contributed by atoms with Crippen LogP contribution in [0.2, 0.25) is 0 Å². The highest BCUT2D eigenvalue weighted by Crippen LogP contribution is 1.91. The molecule has 2 nitrogen and oxygen atoms in total. The van der Waals surface area contributed by atoms with Crippen LogP contribution in [-0.4, -0.2) is 5.71 Å². The molecule has 0 saturated carbocycles. The van der Waals surface area contributed by atoms with Crippen LogP contribution >= 0.6 is 0 Å². The van der Waals surface area contributed by atoms with Gasteiger partial charge < -0.3 is 5.84 Å². The van der Waals surface area contributed by atoms with E-state index in [4.69, 9.17) is 5.84 Å². The minimum atomic E-state index is 0.833. The van der Waals surface area contributed by atoms with Gasteiger partial charge >= 0.3 is 0 Å². The Morgan fingerprint density at radius 1 is 1.29 bits per heavy atom. The second-order valence-electron chi connectivity index (χ2n) is 1.27. The van der Waals surface area contributed by atoms with E-state index >= 15 is 0 Å². The summed E-state index contributed by atoms with van der Waals surface area (Å²) in [5, 5.41) is 3.43. The first-order valence-corrected chi connectivity index (χ1v) is 2.06. The van der Waals surface area contributed by atoms with Gasteiger partial charge in [-0.2, -0.15) is 5.10 Å². The summed E-state index contributed by atoms with van der Waals surface area (Å²) in [6.07, 6.45) is 7.48. The van der Waals surface area contributed by atoms with Crippen molar-refractivity contribution in [3.63, 3.8) is 0 Å². The zero-order valence-electron chi connectivity index (χ0n) is 3.83. The molecule has 0 bridgehead atoms. The zero-order valence-corrected chi connectivity index (χ0v) is 3.83. The quantitative estimate of drug-likeness (QED) is 0.343. The third-order valence-corrected chi connectivity index (χ3v) is 0.794. The van der Waals surface area contributed by atoms with Gasteiger partial charge in [0.15, 0.2) is 0 Å². The fourth-order valence-corrected chi connectivity index (χ4v) is 0.450. The summed E-state index contributed by atoms with van der Waals surface area (Å²) in [4.78, 5) is 0. The Bertz CT molecular complexity index is 128. The number of hydrogen-bond donors (Lipinski definition) is 1. The van der Waals surface area contributed by atoms with E-state index in [0.717, 1.165) is 5.71 Å². The molecule has 0 fully saturated rings. The highest BCUT2D eigenvalue weighted by atomic mass is 15.1. The summed E-state index contributed by atoms with van der Waals surface area (Å²) in [5.74, 6) is 4.92. The van der Waals surface area contributed by atoms with Crippen molar-refractivity contribution in [3.8, 4) is 0 Å². The molecule has 0 aliphatic heterocycles. The van der Waals surface area contributed by atoms with E-state index < -0.39 is 0 Å². The predicted molar refractivity (Wildman–Crippen MR) is 29.9 cm³/mol. The minimum Gasteiger partial charge on any atom is -0.323 e. The molecule has 7 heavy (non-hydrogen) atoms. The summed E-state index contributed by atoms with van der Waals surface area (Å²) in [7, 11) is 0. The van der Waals surface area contributed by atoms with Gasteiger partial charge in [0, 0.05) is 0 Å². The number of rotatable bonds is 0. The lowest BCUT2D eigenvalue weighted by Gasteiger charge is -1.77. The number of hydrogen-bond acceptors (Lipinski definition) is 2. The van der Waals surface area contributed by atoms with E-state index in [9.17, 15) is 0 Å². The van der Waals surface area contributed by atoms with Crippen LogP contribution in [0.5, 0.6) is 0 Å². The zero-order chi connectivity index (χ0) is 5.11. The molecule has 2 heteroatoms. The molecular formula is C5H6N2. The molecule has 0 spiro atoms. The van der Waals surface area contributed by atoms with Crippen molar-refractivity contribution in [1.29, 1.82) is 0 Å². The molecule has 36 valence electrons. The Labute approximate surface area is 42.0 Å². The second-order valence-corrected chi connectivity index (χ2v) is 1.27. The third-order valence-electron chi connectivity index (χ3n) is 0.794. The molecule has 0 radical (unpaired) electrons. The molecule has 0 atom stereocenters. The average molecular weight is 94.1 g/mol. The molecule has 1 aliphatic carbocycles. The first-order chi connectivity index (χ1) is 3.43. The highest BCUT2D eigenvalue weighted by molar-refractivity contribution is 6.06. The highest BCUT2D eigenvalue weighted by Gasteiger charge is 1.87. The van der Waals surface area contributed by atoms with Gasteiger partial charge in [-0.05, 0) is 12.2 Å². The van der Waals surface area contributed by atoms with Crippen LogP contribution in [0.25, 0.3) is 0 Å². The molecule has 1 aliphatic rings. The Balaban J connectivity index is 2.79. The molecule has 2 N–H and O–H groups in total. The molecule has 0 aromatic heterocycles. The average Bonchev–Trinajstić information content (AvgIpc) is 2.14. The number of hydrazone groups is 1. The van der Waals surface area contributed by atoms with Gasteiger partial charge in [-0.1, -0.05) is 12.2 Å². The predicted octanol–water partition coefficient (Wildman–Crippen LogP) is 0.427. The van der Waals surface area contributed by atoms with Crippen LogP contribution in [0.4, 0.5) is 0 Å². The first kappa shape index (κ1) is 4.12. The van der Waals surface area contributed by atoms with E-state index in [1.807, 2.05) is 24.3 Å². The van der Waals surface area contributed by atoms with Crippen LogP contribution < -0.4 is 5.84 Å². The summed E-state index contributed by atoms with van der Waals surface area (Å²) in [6.45, 7) is 0. The van der Waals surface area contributed by atoms with Gasteiger partial charge in [0.2, 0.25) is 0 Å². The SMILES string of the molecule is NN=C1C=CC=C1. The smallest absolute Gasteiger partial charge is 0.0826 e. The number of nitrogens with zero attached hydrogens (tertiary/aromatic N) is 1. The van der Waals surface area contributed by atoms with Crippen molar-refractivity contribution in [3.05, 3.63) is 24.3 Å². The van der Waals surface area contributed by atoms with Gasteiger partial charge in [-0.3, -0.25) is 0 Å². The summed E-state index contributed by atoms with van der Waals surface area (Å²) in [5.41, 5.74) is 0.833. The normalized spacial score (nSPS) is 15.7. The van der Waals surface area contributed by atoms with Gasteiger partial charge in [-0.25, -0.2) is 0 Å². The van der Waals surface area contributed by atoms with Crippen LogP contribution in [-0.2, 0) is 0 Å². The monoisotopic (exact) mass is 94.1 g/mol. The minimum absolute atomic E-state index is 0.833. The molecule has 0 unspecified atom stereocenters. The maximum Gasteiger partial charge on any atom is 0.0826 e. The second kappa shape index (κ2) is 1.60. The van der Waals surface area contributed by atoms with E-state index in [0.29, 0.717) is 0 Å². The first-order valence-electron chi connectivity index (χ1n) is 2.06. The molecule has 0 amide bonds. The fourth-order valence-electron chi connectivity index (χ4n) is 0.450. The van der Waals surface area contributed by atoms with Crippen molar-refractivity contribution in [1.82, 2.24) is 0 Å². The third kappa shape index (κ3) is 0.682. The number of nitrogens with two attached hydrogens (primary N) is 1. The number of allylic oxidation sites excluding steroid dienone is 4. The summed E-state index contributed by atoms with van der Waals surface area (Å²) < 4.78 is 0. The van der Waals surface area contributed by atoms with Gasteiger partial charge in [-0.15, -0.1) is 0 Å². The summed E-state index contributed by atoms with van der Waals surface area (Å²) in [6, 6.07) is 0. The lowest BCUT2D eigenvalue weighted by atomic mass is 10.4. The fraction of sp³-hybridized carbons (Fsp3) is 0. The van der Waals surface area contributed by atoms with Crippen LogP contribution in [0.1, 0.15) is 0 Å². The van der Waals surface area contributed by atoms with Crippen molar-refractivity contribution in [2.75, 3.05) is 0 Å². The standard InChI is InChI=1S/C5H6N2/c6-7-5-3-1-2-4-5/h1-4H,6H2.